The Morgan fingerprint density at radius 2 is 2.00 bits per heavy atom. The maximum Gasteiger partial charge on any atom is 0.256 e. The lowest BCUT2D eigenvalue weighted by molar-refractivity contribution is -0.121. The molecule has 31 heavy (non-hydrogen) atoms. The van der Waals surface area contributed by atoms with E-state index < -0.39 is 11.3 Å². The van der Waals surface area contributed by atoms with Gasteiger partial charge in [-0.25, -0.2) is 0 Å². The van der Waals surface area contributed by atoms with E-state index in [1.807, 2.05) is 17.6 Å². The van der Waals surface area contributed by atoms with Gasteiger partial charge in [0.2, 0.25) is 18.1 Å². The first-order valence-electron chi connectivity index (χ1n) is 9.97. The number of carbonyl (C=O) groups excluding carboxylic acids is 2. The standard InChI is InChI=1S/C22H22N4O5/c1-2-26-12-16(21(28)15-8-18-19(9-17(15)26)31-13-30-18)22(29)24-7-5-20(27)25-11-14-4-3-6-23-10-14/h3-4,6,8-10,12H,2,5,7,11,13H2,1H3,(H,24,29)(H,25,27). The first kappa shape index (κ1) is 20.4. The maximum absolute atomic E-state index is 12.9. The van der Waals surface area contributed by atoms with Gasteiger partial charge in [-0.3, -0.25) is 19.4 Å². The van der Waals surface area contributed by atoms with E-state index in [9.17, 15) is 14.4 Å². The molecule has 4 rings (SSSR count). The minimum Gasteiger partial charge on any atom is -0.454 e. The van der Waals surface area contributed by atoms with Crippen molar-refractivity contribution in [3.8, 4) is 11.5 Å². The molecule has 1 aromatic carbocycles. The third-order valence-corrected chi connectivity index (χ3v) is 5.01. The Balaban J connectivity index is 1.43. The number of hydrogen-bond donors (Lipinski definition) is 2. The topological polar surface area (TPSA) is 112 Å². The molecule has 0 unspecified atom stereocenters. The minimum atomic E-state index is -0.521. The lowest BCUT2D eigenvalue weighted by Crippen LogP contribution is -2.33. The number of ether oxygens (including phenoxy) is 2. The highest BCUT2D eigenvalue weighted by atomic mass is 16.7. The van der Waals surface area contributed by atoms with E-state index >= 15 is 0 Å². The normalized spacial score (nSPS) is 12.0. The highest BCUT2D eigenvalue weighted by Gasteiger charge is 2.20. The molecule has 9 nitrogen and oxygen atoms in total. The molecule has 160 valence electrons. The SMILES string of the molecule is CCn1cc(C(=O)NCCC(=O)NCc2cccnc2)c(=O)c2cc3c(cc21)OCO3. The van der Waals surface area contributed by atoms with Gasteiger partial charge in [-0.05, 0) is 24.6 Å². The van der Waals surface area contributed by atoms with E-state index in [1.54, 1.807) is 30.6 Å². The van der Waals surface area contributed by atoms with E-state index in [0.29, 0.717) is 35.5 Å². The number of benzene rings is 1. The number of nitrogens with zero attached hydrogens (tertiary/aromatic N) is 2. The summed E-state index contributed by atoms with van der Waals surface area (Å²) < 4.78 is 12.6. The molecule has 3 aromatic rings. The van der Waals surface area contributed by atoms with Crippen LogP contribution in [-0.2, 0) is 17.9 Å². The van der Waals surface area contributed by atoms with E-state index in [2.05, 4.69) is 15.6 Å². The van der Waals surface area contributed by atoms with E-state index in [4.69, 9.17) is 9.47 Å². The average Bonchev–Trinajstić information content (AvgIpc) is 3.25. The molecule has 0 bridgehead atoms. The van der Waals surface area contributed by atoms with E-state index in [1.165, 1.54) is 6.20 Å². The lowest BCUT2D eigenvalue weighted by atomic mass is 10.1. The Labute approximate surface area is 178 Å². The third kappa shape index (κ3) is 4.35. The minimum absolute atomic E-state index is 0.0176. The Morgan fingerprint density at radius 1 is 1.19 bits per heavy atom. The van der Waals surface area contributed by atoms with Crippen molar-refractivity contribution in [1.29, 1.82) is 0 Å². The van der Waals surface area contributed by atoms with Crippen LogP contribution in [-0.4, -0.2) is 34.7 Å². The highest BCUT2D eigenvalue weighted by Crippen LogP contribution is 2.35. The summed E-state index contributed by atoms with van der Waals surface area (Å²) in [5.41, 5.74) is 1.18. The summed E-state index contributed by atoms with van der Waals surface area (Å²) in [6.45, 7) is 3.06. The van der Waals surface area contributed by atoms with E-state index in [0.717, 1.165) is 5.56 Å². The quantitative estimate of drug-likeness (QED) is 0.598. The molecule has 0 aliphatic carbocycles. The van der Waals surface area contributed by atoms with Crippen molar-refractivity contribution in [3.05, 3.63) is 64.2 Å². The molecular weight excluding hydrogens is 400 g/mol. The largest absolute Gasteiger partial charge is 0.454 e. The van der Waals surface area contributed by atoms with Crippen LogP contribution in [0.2, 0.25) is 0 Å². The van der Waals surface area contributed by atoms with Gasteiger partial charge in [-0.15, -0.1) is 0 Å². The van der Waals surface area contributed by atoms with Crippen LogP contribution in [0.25, 0.3) is 10.9 Å². The Bertz CT molecular complexity index is 1190. The van der Waals surface area contributed by atoms with Crippen molar-refractivity contribution >= 4 is 22.7 Å². The third-order valence-electron chi connectivity index (χ3n) is 5.01. The van der Waals surface area contributed by atoms with E-state index in [-0.39, 0.29) is 31.2 Å². The molecule has 2 aromatic heterocycles. The van der Waals surface area contributed by atoms with Crippen LogP contribution in [0.4, 0.5) is 0 Å². The molecule has 9 heteroatoms. The number of aromatic nitrogens is 2. The molecule has 2 N–H and O–H groups in total. The summed E-state index contributed by atoms with van der Waals surface area (Å²) >= 11 is 0. The molecule has 0 spiro atoms. The summed E-state index contributed by atoms with van der Waals surface area (Å²) in [5, 5.41) is 5.81. The van der Waals surface area contributed by atoms with Gasteiger partial charge in [0.1, 0.15) is 5.56 Å². The molecule has 0 saturated heterocycles. The number of amides is 2. The average molecular weight is 422 g/mol. The van der Waals surface area contributed by atoms with Crippen molar-refractivity contribution in [2.24, 2.45) is 0 Å². The van der Waals surface area contributed by atoms with Gasteiger partial charge in [-0.2, -0.15) is 0 Å². The zero-order valence-electron chi connectivity index (χ0n) is 17.0. The zero-order valence-corrected chi connectivity index (χ0v) is 17.0. The molecule has 3 heterocycles. The van der Waals surface area contributed by atoms with Crippen LogP contribution in [0.5, 0.6) is 11.5 Å². The second kappa shape index (κ2) is 8.86. The molecule has 0 saturated carbocycles. The number of hydrogen-bond acceptors (Lipinski definition) is 6. The first-order valence-corrected chi connectivity index (χ1v) is 9.97. The molecule has 0 atom stereocenters. The predicted molar refractivity (Wildman–Crippen MR) is 113 cm³/mol. The van der Waals surface area contributed by atoms with Gasteiger partial charge in [0.25, 0.3) is 5.91 Å². The van der Waals surface area contributed by atoms with Crippen molar-refractivity contribution in [2.75, 3.05) is 13.3 Å². The number of nitrogens with one attached hydrogen (secondary N) is 2. The van der Waals surface area contributed by atoms with Gasteiger partial charge in [0.15, 0.2) is 11.5 Å². The fourth-order valence-electron chi connectivity index (χ4n) is 3.38. The van der Waals surface area contributed by atoms with Crippen LogP contribution in [0.15, 0.2) is 47.7 Å². The monoisotopic (exact) mass is 422 g/mol. The number of pyridine rings is 2. The van der Waals surface area contributed by atoms with Crippen molar-refractivity contribution in [3.63, 3.8) is 0 Å². The summed E-state index contributed by atoms with van der Waals surface area (Å²) in [4.78, 5) is 41.6. The van der Waals surface area contributed by atoms with Gasteiger partial charge in [0.05, 0.1) is 10.9 Å². The first-order chi connectivity index (χ1) is 15.1. The molecule has 1 aliphatic heterocycles. The van der Waals surface area contributed by atoms with Gasteiger partial charge >= 0.3 is 0 Å². The molecule has 1 aliphatic rings. The molecule has 2 amide bonds. The Morgan fingerprint density at radius 3 is 2.74 bits per heavy atom. The number of carbonyl (C=O) groups is 2. The second-order valence-corrected chi connectivity index (χ2v) is 7.02. The highest BCUT2D eigenvalue weighted by molar-refractivity contribution is 5.98. The Hall–Kier alpha value is -3.88. The van der Waals surface area contributed by atoms with Gasteiger partial charge < -0.3 is 24.7 Å². The molecule has 0 fully saturated rings. The summed E-state index contributed by atoms with van der Waals surface area (Å²) in [6.07, 6.45) is 4.96. The van der Waals surface area contributed by atoms with Crippen LogP contribution in [0.3, 0.4) is 0 Å². The lowest BCUT2D eigenvalue weighted by Gasteiger charge is -2.12. The fraction of sp³-hybridized carbons (Fsp3) is 0.273. The summed E-state index contributed by atoms with van der Waals surface area (Å²) in [7, 11) is 0. The van der Waals surface area contributed by atoms with Crippen molar-refractivity contribution in [1.82, 2.24) is 20.2 Å². The summed E-state index contributed by atoms with van der Waals surface area (Å²) in [5.74, 6) is 0.326. The van der Waals surface area contributed by atoms with Crippen LogP contribution in [0, 0.1) is 0 Å². The van der Waals surface area contributed by atoms with Crippen LogP contribution in [0.1, 0.15) is 29.3 Å². The number of aryl methyl sites for hydroxylation is 1. The smallest absolute Gasteiger partial charge is 0.256 e. The fourth-order valence-corrected chi connectivity index (χ4v) is 3.38. The van der Waals surface area contributed by atoms with Crippen molar-refractivity contribution < 1.29 is 19.1 Å². The van der Waals surface area contributed by atoms with Gasteiger partial charge in [-0.1, -0.05) is 6.07 Å². The van der Waals surface area contributed by atoms with Crippen LogP contribution >= 0.6 is 0 Å². The number of rotatable bonds is 7. The van der Waals surface area contributed by atoms with Gasteiger partial charge in [0, 0.05) is 50.7 Å². The zero-order chi connectivity index (χ0) is 21.8. The summed E-state index contributed by atoms with van der Waals surface area (Å²) in [6, 6.07) is 7.01. The predicted octanol–water partition coefficient (Wildman–Crippen LogP) is 1.58. The number of fused-ring (bicyclic) bond motifs is 2. The maximum atomic E-state index is 12.9. The molecular formula is C22H22N4O5. The van der Waals surface area contributed by atoms with Crippen molar-refractivity contribution in [2.45, 2.75) is 26.4 Å². The molecule has 0 radical (unpaired) electrons. The van der Waals surface area contributed by atoms with Crippen LogP contribution < -0.4 is 25.5 Å². The Kier molecular flexibility index (Phi) is 5.83. The second-order valence-electron chi connectivity index (χ2n) is 7.02.